The molecule has 2 aromatic carbocycles. The quantitative estimate of drug-likeness (QED) is 0.482. The maximum absolute atomic E-state index is 12.9. The number of hydrogen-bond acceptors (Lipinski definition) is 4. The first-order valence-corrected chi connectivity index (χ1v) is 11.8. The zero-order valence-corrected chi connectivity index (χ0v) is 19.9. The molecule has 31 heavy (non-hydrogen) atoms. The molecule has 2 heterocycles. The summed E-state index contributed by atoms with van der Waals surface area (Å²) in [6, 6.07) is 13.6. The van der Waals surface area contributed by atoms with Crippen molar-refractivity contribution in [2.24, 2.45) is 0 Å². The van der Waals surface area contributed by atoms with E-state index in [-0.39, 0.29) is 23.2 Å². The maximum Gasteiger partial charge on any atom is 0.293 e. The average Bonchev–Trinajstić information content (AvgIpc) is 2.97. The lowest BCUT2D eigenvalue weighted by Gasteiger charge is -2.47. The summed E-state index contributed by atoms with van der Waals surface area (Å²) < 4.78 is 0. The number of halogens is 1. The second kappa shape index (κ2) is 8.36. The van der Waals surface area contributed by atoms with Gasteiger partial charge in [0, 0.05) is 22.8 Å². The van der Waals surface area contributed by atoms with Gasteiger partial charge >= 0.3 is 0 Å². The Morgan fingerprint density at radius 2 is 1.87 bits per heavy atom. The Balaban J connectivity index is 1.59. The third-order valence-electron chi connectivity index (χ3n) is 6.15. The summed E-state index contributed by atoms with van der Waals surface area (Å²) >= 11 is 6.93. The van der Waals surface area contributed by atoms with E-state index >= 15 is 0 Å². The molecule has 4 rings (SSSR count). The second-order valence-corrected chi connectivity index (χ2v) is 10.3. The van der Waals surface area contributed by atoms with Crippen molar-refractivity contribution in [2.45, 2.75) is 52.1 Å². The fraction of sp³-hybridized carbons (Fsp3) is 0.360. The van der Waals surface area contributed by atoms with Crippen molar-refractivity contribution in [1.29, 1.82) is 0 Å². The first-order chi connectivity index (χ1) is 14.7. The standard InChI is InChI=1S/C25H27ClN2O2S/c1-5-28-21-11-8-18(12-20(21)16(2)14-25(28,3)4)13-22-23(29)27(24(30)31-22)15-17-6-9-19(26)10-7-17/h6-13,16H,5,14-15H2,1-4H3/b22-13-/t16-/m0/s1. The summed E-state index contributed by atoms with van der Waals surface area (Å²) in [7, 11) is 0. The van der Waals surface area contributed by atoms with Gasteiger partial charge in [-0.1, -0.05) is 36.7 Å². The number of imide groups is 1. The third kappa shape index (κ3) is 4.26. The zero-order valence-electron chi connectivity index (χ0n) is 18.3. The summed E-state index contributed by atoms with van der Waals surface area (Å²) in [4.78, 5) is 29.6. The number of thioether (sulfide) groups is 1. The lowest BCUT2D eigenvalue weighted by molar-refractivity contribution is -0.123. The first-order valence-electron chi connectivity index (χ1n) is 10.6. The highest BCUT2D eigenvalue weighted by Crippen LogP contribution is 2.44. The van der Waals surface area contributed by atoms with Gasteiger partial charge in [0.1, 0.15) is 0 Å². The number of anilines is 1. The van der Waals surface area contributed by atoms with E-state index in [2.05, 4.69) is 44.7 Å². The van der Waals surface area contributed by atoms with Gasteiger partial charge < -0.3 is 4.90 Å². The number of benzene rings is 2. The minimum Gasteiger partial charge on any atom is -0.366 e. The molecule has 0 aliphatic carbocycles. The van der Waals surface area contributed by atoms with Gasteiger partial charge in [0.25, 0.3) is 11.1 Å². The predicted molar refractivity (Wildman–Crippen MR) is 130 cm³/mol. The fourth-order valence-corrected chi connectivity index (χ4v) is 5.72. The molecule has 1 atom stereocenters. The van der Waals surface area contributed by atoms with Crippen molar-refractivity contribution in [3.05, 3.63) is 69.1 Å². The van der Waals surface area contributed by atoms with Crippen LogP contribution in [-0.4, -0.2) is 28.1 Å². The van der Waals surface area contributed by atoms with Gasteiger partial charge in [-0.2, -0.15) is 0 Å². The molecule has 4 nitrogen and oxygen atoms in total. The fourth-order valence-electron chi connectivity index (χ4n) is 4.76. The minimum atomic E-state index is -0.243. The smallest absolute Gasteiger partial charge is 0.293 e. The molecule has 6 heteroatoms. The van der Waals surface area contributed by atoms with E-state index in [0.717, 1.165) is 35.9 Å². The first kappa shape index (κ1) is 22.0. The maximum atomic E-state index is 12.9. The third-order valence-corrected chi connectivity index (χ3v) is 7.31. The van der Waals surface area contributed by atoms with Crippen LogP contribution in [0.25, 0.3) is 6.08 Å². The van der Waals surface area contributed by atoms with Gasteiger partial charge in [0.15, 0.2) is 0 Å². The lowest BCUT2D eigenvalue weighted by Crippen LogP contribution is -2.48. The molecule has 0 aromatic heterocycles. The number of nitrogens with zero attached hydrogens (tertiary/aromatic N) is 2. The van der Waals surface area contributed by atoms with Crippen molar-refractivity contribution in [3.63, 3.8) is 0 Å². The van der Waals surface area contributed by atoms with Crippen LogP contribution in [0, 0.1) is 0 Å². The van der Waals surface area contributed by atoms with Crippen molar-refractivity contribution in [2.75, 3.05) is 11.4 Å². The molecule has 0 spiro atoms. The Labute approximate surface area is 193 Å². The lowest BCUT2D eigenvalue weighted by atomic mass is 9.79. The summed E-state index contributed by atoms with van der Waals surface area (Å²) in [5.41, 5.74) is 4.51. The monoisotopic (exact) mass is 454 g/mol. The summed E-state index contributed by atoms with van der Waals surface area (Å²) in [6.45, 7) is 10.2. The van der Waals surface area contributed by atoms with Crippen molar-refractivity contribution in [1.82, 2.24) is 4.90 Å². The van der Waals surface area contributed by atoms with E-state index in [1.165, 1.54) is 16.2 Å². The summed E-state index contributed by atoms with van der Waals surface area (Å²) in [5.74, 6) is 0.188. The van der Waals surface area contributed by atoms with E-state index in [1.54, 1.807) is 12.1 Å². The largest absolute Gasteiger partial charge is 0.366 e. The summed E-state index contributed by atoms with van der Waals surface area (Å²) in [5, 5.41) is 0.390. The molecule has 1 saturated heterocycles. The van der Waals surface area contributed by atoms with Gasteiger partial charge in [-0.05, 0) is 91.9 Å². The number of amides is 2. The van der Waals surface area contributed by atoms with Gasteiger partial charge in [0.2, 0.25) is 0 Å². The molecular weight excluding hydrogens is 428 g/mol. The highest BCUT2D eigenvalue weighted by Gasteiger charge is 2.37. The van der Waals surface area contributed by atoms with E-state index in [9.17, 15) is 9.59 Å². The Bertz CT molecular complexity index is 1060. The van der Waals surface area contributed by atoms with Crippen LogP contribution in [0.15, 0.2) is 47.4 Å². The SMILES string of the molecule is CCN1c2ccc(/C=C3\SC(=O)N(Cc4ccc(Cl)cc4)C3=O)cc2[C@@H](C)CC1(C)C. The van der Waals surface area contributed by atoms with E-state index < -0.39 is 0 Å². The number of carbonyl (C=O) groups excluding carboxylic acids is 2. The molecule has 2 aliphatic heterocycles. The Morgan fingerprint density at radius 1 is 1.16 bits per heavy atom. The molecule has 0 N–H and O–H groups in total. The van der Waals surface area contributed by atoms with Crippen LogP contribution in [-0.2, 0) is 11.3 Å². The van der Waals surface area contributed by atoms with Crippen LogP contribution >= 0.6 is 23.4 Å². The Hall–Kier alpha value is -2.24. The van der Waals surface area contributed by atoms with Crippen LogP contribution in [0.4, 0.5) is 10.5 Å². The molecule has 162 valence electrons. The van der Waals surface area contributed by atoms with Crippen LogP contribution in [0.3, 0.4) is 0 Å². The number of fused-ring (bicyclic) bond motifs is 1. The summed E-state index contributed by atoms with van der Waals surface area (Å²) in [6.07, 6.45) is 2.92. The molecule has 2 aliphatic rings. The van der Waals surface area contributed by atoms with E-state index in [4.69, 9.17) is 11.6 Å². The second-order valence-electron chi connectivity index (χ2n) is 8.87. The van der Waals surface area contributed by atoms with Gasteiger partial charge in [0.05, 0.1) is 11.4 Å². The highest BCUT2D eigenvalue weighted by atomic mass is 35.5. The zero-order chi connectivity index (χ0) is 22.3. The molecule has 2 amide bonds. The van der Waals surface area contributed by atoms with E-state index in [1.807, 2.05) is 24.3 Å². The van der Waals surface area contributed by atoms with Crippen molar-refractivity contribution < 1.29 is 9.59 Å². The normalized spacial score (nSPS) is 21.7. The van der Waals surface area contributed by atoms with Crippen LogP contribution in [0.1, 0.15) is 56.7 Å². The molecule has 0 saturated carbocycles. The average molecular weight is 455 g/mol. The van der Waals surface area contributed by atoms with Crippen LogP contribution in [0.5, 0.6) is 0 Å². The molecule has 1 fully saturated rings. The molecule has 0 radical (unpaired) electrons. The topological polar surface area (TPSA) is 40.6 Å². The number of carbonyl (C=O) groups is 2. The van der Waals surface area contributed by atoms with Gasteiger partial charge in [-0.15, -0.1) is 0 Å². The Kier molecular flexibility index (Phi) is 5.93. The van der Waals surface area contributed by atoms with Crippen LogP contribution in [0.2, 0.25) is 5.02 Å². The number of hydrogen-bond donors (Lipinski definition) is 0. The highest BCUT2D eigenvalue weighted by molar-refractivity contribution is 8.18. The molecule has 0 unspecified atom stereocenters. The minimum absolute atomic E-state index is 0.118. The number of rotatable bonds is 4. The Morgan fingerprint density at radius 3 is 2.55 bits per heavy atom. The van der Waals surface area contributed by atoms with Crippen molar-refractivity contribution in [3.8, 4) is 0 Å². The van der Waals surface area contributed by atoms with E-state index in [0.29, 0.717) is 15.8 Å². The molecule has 2 aromatic rings. The van der Waals surface area contributed by atoms with Crippen LogP contribution < -0.4 is 4.90 Å². The predicted octanol–water partition coefficient (Wildman–Crippen LogP) is 6.69. The van der Waals surface area contributed by atoms with Crippen molar-refractivity contribution >= 4 is 46.3 Å². The van der Waals surface area contributed by atoms with Gasteiger partial charge in [-0.3, -0.25) is 14.5 Å². The van der Waals surface area contributed by atoms with Gasteiger partial charge in [-0.25, -0.2) is 0 Å². The molecule has 0 bridgehead atoms. The molecular formula is C25H27ClN2O2S.